The summed E-state index contributed by atoms with van der Waals surface area (Å²) in [5, 5.41) is 10.9. The van der Waals surface area contributed by atoms with Crippen molar-refractivity contribution in [2.75, 3.05) is 0 Å². The largest absolute Gasteiger partial charge is 0.465 e. The van der Waals surface area contributed by atoms with Gasteiger partial charge < -0.3 is 10.4 Å². The van der Waals surface area contributed by atoms with Crippen molar-refractivity contribution in [3.63, 3.8) is 0 Å². The number of nitrogens with one attached hydrogen (secondary N) is 1. The van der Waals surface area contributed by atoms with Gasteiger partial charge >= 0.3 is 6.09 Å². The van der Waals surface area contributed by atoms with E-state index in [1.807, 2.05) is 37.3 Å². The van der Waals surface area contributed by atoms with Crippen LogP contribution >= 0.6 is 12.4 Å². The van der Waals surface area contributed by atoms with E-state index in [1.54, 1.807) is 0 Å². The van der Waals surface area contributed by atoms with Gasteiger partial charge in [0.25, 0.3) is 0 Å². The Morgan fingerprint density at radius 1 is 1.43 bits per heavy atom. The number of hydrogen-bond acceptors (Lipinski definition) is 1. The van der Waals surface area contributed by atoms with E-state index in [-0.39, 0.29) is 18.4 Å². The molecule has 1 amide bonds. The number of benzene rings is 1. The van der Waals surface area contributed by atoms with Gasteiger partial charge in [-0.15, -0.1) is 12.4 Å². The van der Waals surface area contributed by atoms with Gasteiger partial charge in [0.2, 0.25) is 0 Å². The van der Waals surface area contributed by atoms with Gasteiger partial charge in [-0.25, -0.2) is 4.79 Å². The highest BCUT2D eigenvalue weighted by atomic mass is 35.5. The molecule has 14 heavy (non-hydrogen) atoms. The van der Waals surface area contributed by atoms with Gasteiger partial charge in [0.1, 0.15) is 0 Å². The Morgan fingerprint density at radius 2 is 2.00 bits per heavy atom. The molecule has 1 atom stereocenters. The molecule has 0 fully saturated rings. The normalized spacial score (nSPS) is 11.2. The summed E-state index contributed by atoms with van der Waals surface area (Å²) in [5.41, 5.74) is 1.14. The molecule has 1 unspecified atom stereocenters. The number of carbonyl (C=O) groups is 1. The van der Waals surface area contributed by atoms with Crippen molar-refractivity contribution in [3.8, 4) is 0 Å². The lowest BCUT2D eigenvalue weighted by Crippen LogP contribution is -2.32. The van der Waals surface area contributed by atoms with Crippen LogP contribution in [0, 0.1) is 0 Å². The van der Waals surface area contributed by atoms with Crippen molar-refractivity contribution in [1.82, 2.24) is 5.32 Å². The highest BCUT2D eigenvalue weighted by molar-refractivity contribution is 5.85. The van der Waals surface area contributed by atoms with Crippen molar-refractivity contribution in [3.05, 3.63) is 35.9 Å². The Labute approximate surface area is 89.5 Å². The Morgan fingerprint density at radius 3 is 2.50 bits per heavy atom. The zero-order valence-electron chi connectivity index (χ0n) is 7.93. The molecule has 0 aliphatic heterocycles. The molecule has 0 aromatic heterocycles. The van der Waals surface area contributed by atoms with E-state index in [2.05, 4.69) is 5.32 Å². The second-order valence-electron chi connectivity index (χ2n) is 3.04. The third kappa shape index (κ3) is 4.72. The molecule has 78 valence electrons. The van der Waals surface area contributed by atoms with Crippen LogP contribution in [-0.4, -0.2) is 17.2 Å². The summed E-state index contributed by atoms with van der Waals surface area (Å²) >= 11 is 0. The lowest BCUT2D eigenvalue weighted by molar-refractivity contribution is 0.190. The van der Waals surface area contributed by atoms with E-state index in [4.69, 9.17) is 5.11 Å². The summed E-state index contributed by atoms with van der Waals surface area (Å²) < 4.78 is 0. The summed E-state index contributed by atoms with van der Waals surface area (Å²) in [6.45, 7) is 1.85. The van der Waals surface area contributed by atoms with Gasteiger partial charge in [-0.05, 0) is 18.9 Å². The van der Waals surface area contributed by atoms with Gasteiger partial charge in [-0.1, -0.05) is 30.3 Å². The van der Waals surface area contributed by atoms with Crippen molar-refractivity contribution < 1.29 is 9.90 Å². The number of carboxylic acid groups (broad SMARTS) is 1. The van der Waals surface area contributed by atoms with Crippen molar-refractivity contribution >= 4 is 18.5 Å². The van der Waals surface area contributed by atoms with Gasteiger partial charge in [-0.2, -0.15) is 0 Å². The predicted octanol–water partition coefficient (Wildman–Crippen LogP) is 2.31. The smallest absolute Gasteiger partial charge is 0.404 e. The summed E-state index contributed by atoms with van der Waals surface area (Å²) in [6.07, 6.45) is -0.240. The van der Waals surface area contributed by atoms with Gasteiger partial charge in [0.05, 0.1) is 0 Å². The summed E-state index contributed by atoms with van der Waals surface area (Å²) in [6, 6.07) is 9.77. The van der Waals surface area contributed by atoms with Crippen LogP contribution in [0.2, 0.25) is 0 Å². The quantitative estimate of drug-likeness (QED) is 0.813. The first-order valence-electron chi connectivity index (χ1n) is 4.22. The Balaban J connectivity index is 0.00000169. The molecule has 0 aliphatic rings. The SMILES string of the molecule is CC(Cc1ccccc1)NC(=O)O.Cl. The van der Waals surface area contributed by atoms with Crippen LogP contribution < -0.4 is 5.32 Å². The molecule has 1 aromatic carbocycles. The minimum atomic E-state index is -0.969. The second kappa shape index (κ2) is 6.27. The molecule has 0 spiro atoms. The molecule has 0 bridgehead atoms. The van der Waals surface area contributed by atoms with E-state index < -0.39 is 6.09 Å². The third-order valence-electron chi connectivity index (χ3n) is 1.75. The van der Waals surface area contributed by atoms with E-state index in [0.29, 0.717) is 0 Å². The molecule has 4 heteroatoms. The number of hydrogen-bond donors (Lipinski definition) is 2. The molecule has 2 N–H and O–H groups in total. The average Bonchev–Trinajstić information content (AvgIpc) is 2.04. The van der Waals surface area contributed by atoms with Crippen LogP contribution in [-0.2, 0) is 6.42 Å². The lowest BCUT2D eigenvalue weighted by atomic mass is 10.1. The maximum absolute atomic E-state index is 10.3. The first kappa shape index (κ1) is 12.8. The summed E-state index contributed by atoms with van der Waals surface area (Å²) in [7, 11) is 0. The number of amides is 1. The summed E-state index contributed by atoms with van der Waals surface area (Å²) in [4.78, 5) is 10.3. The second-order valence-corrected chi connectivity index (χ2v) is 3.04. The molecule has 0 heterocycles. The fraction of sp³-hybridized carbons (Fsp3) is 0.300. The van der Waals surface area contributed by atoms with E-state index in [1.165, 1.54) is 0 Å². The van der Waals surface area contributed by atoms with Gasteiger partial charge in [0, 0.05) is 6.04 Å². The van der Waals surface area contributed by atoms with E-state index >= 15 is 0 Å². The van der Waals surface area contributed by atoms with Crippen LogP contribution in [0.1, 0.15) is 12.5 Å². The van der Waals surface area contributed by atoms with Crippen molar-refractivity contribution in [1.29, 1.82) is 0 Å². The van der Waals surface area contributed by atoms with Crippen LogP contribution in [0.3, 0.4) is 0 Å². The highest BCUT2D eigenvalue weighted by Gasteiger charge is 2.04. The maximum Gasteiger partial charge on any atom is 0.404 e. The molecule has 3 nitrogen and oxygen atoms in total. The van der Waals surface area contributed by atoms with Gasteiger partial charge in [0.15, 0.2) is 0 Å². The fourth-order valence-electron chi connectivity index (χ4n) is 1.23. The molecule has 1 aromatic rings. The van der Waals surface area contributed by atoms with Crippen LogP contribution in [0.5, 0.6) is 0 Å². The molecule has 0 aliphatic carbocycles. The minimum absolute atomic E-state index is 0. The third-order valence-corrected chi connectivity index (χ3v) is 1.75. The molecular weight excluding hydrogens is 202 g/mol. The number of rotatable bonds is 3. The Kier molecular flexibility index (Phi) is 5.72. The molecule has 0 radical (unpaired) electrons. The molecule has 0 saturated heterocycles. The Hall–Kier alpha value is -1.22. The minimum Gasteiger partial charge on any atom is -0.465 e. The molecular formula is C10H14ClNO2. The van der Waals surface area contributed by atoms with E-state index in [9.17, 15) is 4.79 Å². The maximum atomic E-state index is 10.3. The van der Waals surface area contributed by atoms with Crippen molar-refractivity contribution in [2.45, 2.75) is 19.4 Å². The number of halogens is 1. The fourth-order valence-corrected chi connectivity index (χ4v) is 1.23. The van der Waals surface area contributed by atoms with Crippen LogP contribution in [0.4, 0.5) is 4.79 Å². The highest BCUT2D eigenvalue weighted by Crippen LogP contribution is 2.02. The topological polar surface area (TPSA) is 49.3 Å². The summed E-state index contributed by atoms with van der Waals surface area (Å²) in [5.74, 6) is 0. The predicted molar refractivity (Wildman–Crippen MR) is 58.0 cm³/mol. The van der Waals surface area contributed by atoms with Gasteiger partial charge in [-0.3, -0.25) is 0 Å². The Bertz CT molecular complexity index is 277. The van der Waals surface area contributed by atoms with Crippen LogP contribution in [0.15, 0.2) is 30.3 Å². The van der Waals surface area contributed by atoms with Crippen LogP contribution in [0.25, 0.3) is 0 Å². The zero-order chi connectivity index (χ0) is 9.68. The van der Waals surface area contributed by atoms with E-state index in [0.717, 1.165) is 12.0 Å². The molecule has 1 rings (SSSR count). The molecule has 0 saturated carbocycles. The first-order chi connectivity index (χ1) is 6.18. The lowest BCUT2D eigenvalue weighted by Gasteiger charge is -2.10. The standard InChI is InChI=1S/C10H13NO2.ClH/c1-8(11-10(12)13)7-9-5-3-2-4-6-9;/h2-6,8,11H,7H2,1H3,(H,12,13);1H. The average molecular weight is 216 g/mol. The zero-order valence-corrected chi connectivity index (χ0v) is 8.75. The monoisotopic (exact) mass is 215 g/mol. The van der Waals surface area contributed by atoms with Crippen molar-refractivity contribution in [2.24, 2.45) is 0 Å². The first-order valence-corrected chi connectivity index (χ1v) is 4.22.